The molecule has 1 heterocycles. The Morgan fingerprint density at radius 3 is 2.61 bits per heavy atom. The Kier molecular flexibility index (Phi) is 5.41. The maximum Gasteiger partial charge on any atom is 0.331 e. The second-order valence-corrected chi connectivity index (χ2v) is 6.47. The first-order chi connectivity index (χ1) is 13.5. The number of carbonyl (C=O) groups excluding carboxylic acids is 1. The second-order valence-electron chi connectivity index (χ2n) is 6.47. The number of hydrogen-bond acceptors (Lipinski definition) is 4. The molecule has 2 aromatic carbocycles. The standard InChI is InChI=1S/C21H20N4O3/c1-3-24-12-16(11-22)20(27)25(21(24)28)13-19(26)23-14(2)17-10-6-8-15-7-4-5-9-18(15)17/h4-10,12,14H,3,13H2,1-2H3,(H,23,26). The van der Waals surface area contributed by atoms with Crippen LogP contribution in [0.15, 0.2) is 58.3 Å². The van der Waals surface area contributed by atoms with E-state index in [0.717, 1.165) is 20.9 Å². The number of rotatable bonds is 5. The van der Waals surface area contributed by atoms with E-state index in [1.807, 2.05) is 49.4 Å². The summed E-state index contributed by atoms with van der Waals surface area (Å²) in [6, 6.07) is 15.1. The molecule has 1 amide bonds. The Bertz CT molecular complexity index is 1200. The monoisotopic (exact) mass is 376 g/mol. The van der Waals surface area contributed by atoms with Crippen molar-refractivity contribution in [2.75, 3.05) is 0 Å². The molecule has 0 spiro atoms. The minimum absolute atomic E-state index is 0.170. The zero-order valence-corrected chi connectivity index (χ0v) is 15.7. The molecular weight excluding hydrogens is 356 g/mol. The number of benzene rings is 2. The number of fused-ring (bicyclic) bond motifs is 1. The van der Waals surface area contributed by atoms with E-state index in [4.69, 9.17) is 5.26 Å². The molecule has 0 radical (unpaired) electrons. The molecule has 0 saturated heterocycles. The van der Waals surface area contributed by atoms with Crippen molar-refractivity contribution in [3.8, 4) is 6.07 Å². The molecule has 0 aliphatic carbocycles. The molecule has 28 heavy (non-hydrogen) atoms. The smallest absolute Gasteiger partial charge is 0.331 e. The lowest BCUT2D eigenvalue weighted by Crippen LogP contribution is -2.44. The predicted molar refractivity (Wildman–Crippen MR) is 106 cm³/mol. The van der Waals surface area contributed by atoms with Gasteiger partial charge >= 0.3 is 5.69 Å². The van der Waals surface area contributed by atoms with Crippen molar-refractivity contribution in [2.45, 2.75) is 33.0 Å². The van der Waals surface area contributed by atoms with E-state index in [-0.39, 0.29) is 11.6 Å². The number of nitriles is 1. The maximum absolute atomic E-state index is 12.5. The Balaban J connectivity index is 1.88. The van der Waals surface area contributed by atoms with Gasteiger partial charge in [-0.15, -0.1) is 0 Å². The quantitative estimate of drug-likeness (QED) is 0.736. The van der Waals surface area contributed by atoms with E-state index >= 15 is 0 Å². The van der Waals surface area contributed by atoms with Gasteiger partial charge in [0.2, 0.25) is 5.91 Å². The van der Waals surface area contributed by atoms with E-state index < -0.39 is 23.7 Å². The lowest BCUT2D eigenvalue weighted by molar-refractivity contribution is -0.122. The molecule has 1 aromatic heterocycles. The molecule has 0 saturated carbocycles. The fourth-order valence-corrected chi connectivity index (χ4v) is 3.23. The number of carbonyl (C=O) groups is 1. The minimum atomic E-state index is -0.759. The summed E-state index contributed by atoms with van der Waals surface area (Å²) in [5.41, 5.74) is -0.600. The Morgan fingerprint density at radius 1 is 1.18 bits per heavy atom. The number of nitrogens with zero attached hydrogens (tertiary/aromatic N) is 3. The van der Waals surface area contributed by atoms with Gasteiger partial charge in [0.15, 0.2) is 0 Å². The highest BCUT2D eigenvalue weighted by atomic mass is 16.2. The number of aryl methyl sites for hydroxylation is 1. The van der Waals surface area contributed by atoms with Crippen LogP contribution < -0.4 is 16.6 Å². The van der Waals surface area contributed by atoms with Gasteiger partial charge in [-0.25, -0.2) is 9.36 Å². The summed E-state index contributed by atoms with van der Waals surface area (Å²) in [6.45, 7) is 3.42. The number of nitrogens with one attached hydrogen (secondary N) is 1. The highest BCUT2D eigenvalue weighted by molar-refractivity contribution is 5.86. The second kappa shape index (κ2) is 7.92. The van der Waals surface area contributed by atoms with Gasteiger partial charge in [0.1, 0.15) is 18.2 Å². The third kappa shape index (κ3) is 3.58. The van der Waals surface area contributed by atoms with Gasteiger partial charge in [-0.3, -0.25) is 14.2 Å². The third-order valence-corrected chi connectivity index (χ3v) is 4.67. The van der Waals surface area contributed by atoms with Gasteiger partial charge in [0, 0.05) is 12.7 Å². The van der Waals surface area contributed by atoms with E-state index in [0.29, 0.717) is 6.54 Å². The topological polar surface area (TPSA) is 96.9 Å². The maximum atomic E-state index is 12.5. The third-order valence-electron chi connectivity index (χ3n) is 4.67. The number of amides is 1. The molecule has 0 aliphatic heterocycles. The van der Waals surface area contributed by atoms with Crippen LogP contribution in [0.2, 0.25) is 0 Å². The van der Waals surface area contributed by atoms with Crippen LogP contribution in [0.5, 0.6) is 0 Å². The van der Waals surface area contributed by atoms with Crippen LogP contribution in [0.3, 0.4) is 0 Å². The highest BCUT2D eigenvalue weighted by Gasteiger charge is 2.16. The van der Waals surface area contributed by atoms with Crippen LogP contribution in [-0.4, -0.2) is 15.0 Å². The minimum Gasteiger partial charge on any atom is -0.348 e. The van der Waals surface area contributed by atoms with Crippen molar-refractivity contribution < 1.29 is 4.79 Å². The summed E-state index contributed by atoms with van der Waals surface area (Å²) in [7, 11) is 0. The van der Waals surface area contributed by atoms with Crippen LogP contribution in [0.25, 0.3) is 10.8 Å². The molecule has 1 unspecified atom stereocenters. The van der Waals surface area contributed by atoms with Gasteiger partial charge in [-0.2, -0.15) is 5.26 Å². The van der Waals surface area contributed by atoms with E-state index in [2.05, 4.69) is 5.32 Å². The van der Waals surface area contributed by atoms with Gasteiger partial charge in [0.05, 0.1) is 6.04 Å². The molecule has 0 aliphatic rings. The summed E-state index contributed by atoms with van der Waals surface area (Å²) in [4.78, 5) is 37.2. The zero-order chi connectivity index (χ0) is 20.3. The van der Waals surface area contributed by atoms with Crippen molar-refractivity contribution in [3.05, 3.63) is 80.6 Å². The van der Waals surface area contributed by atoms with Crippen molar-refractivity contribution in [1.29, 1.82) is 5.26 Å². The largest absolute Gasteiger partial charge is 0.348 e. The van der Waals surface area contributed by atoms with Crippen LogP contribution in [-0.2, 0) is 17.9 Å². The van der Waals surface area contributed by atoms with Gasteiger partial charge in [-0.05, 0) is 30.2 Å². The Hall–Kier alpha value is -3.66. The summed E-state index contributed by atoms with van der Waals surface area (Å²) in [5, 5.41) is 14.0. The number of aromatic nitrogens is 2. The van der Waals surface area contributed by atoms with Crippen LogP contribution in [0.4, 0.5) is 0 Å². The molecule has 3 aromatic rings. The van der Waals surface area contributed by atoms with E-state index in [1.165, 1.54) is 10.8 Å². The van der Waals surface area contributed by atoms with Gasteiger partial charge in [-0.1, -0.05) is 42.5 Å². The first-order valence-corrected chi connectivity index (χ1v) is 8.97. The average Bonchev–Trinajstić information content (AvgIpc) is 2.71. The van der Waals surface area contributed by atoms with Crippen LogP contribution >= 0.6 is 0 Å². The van der Waals surface area contributed by atoms with Crippen LogP contribution in [0.1, 0.15) is 31.0 Å². The average molecular weight is 376 g/mol. The van der Waals surface area contributed by atoms with Gasteiger partial charge in [0.25, 0.3) is 5.56 Å². The predicted octanol–water partition coefficient (Wildman–Crippen LogP) is 1.93. The van der Waals surface area contributed by atoms with Crippen molar-refractivity contribution in [2.24, 2.45) is 0 Å². The van der Waals surface area contributed by atoms with Crippen molar-refractivity contribution in [1.82, 2.24) is 14.5 Å². The number of hydrogen-bond donors (Lipinski definition) is 1. The van der Waals surface area contributed by atoms with Crippen LogP contribution in [0, 0.1) is 11.3 Å². The molecule has 7 nitrogen and oxygen atoms in total. The Labute approximate surface area is 161 Å². The van der Waals surface area contributed by atoms with Crippen molar-refractivity contribution >= 4 is 16.7 Å². The fraction of sp³-hybridized carbons (Fsp3) is 0.238. The first-order valence-electron chi connectivity index (χ1n) is 8.97. The van der Waals surface area contributed by atoms with E-state index in [9.17, 15) is 14.4 Å². The summed E-state index contributed by atoms with van der Waals surface area (Å²) in [5.74, 6) is -0.475. The molecule has 142 valence electrons. The lowest BCUT2D eigenvalue weighted by Gasteiger charge is -2.17. The molecule has 0 bridgehead atoms. The first kappa shape index (κ1) is 19.1. The normalized spacial score (nSPS) is 11.8. The molecule has 1 N–H and O–H groups in total. The molecule has 3 rings (SSSR count). The molecule has 1 atom stereocenters. The Morgan fingerprint density at radius 2 is 1.89 bits per heavy atom. The SMILES string of the molecule is CCn1cc(C#N)c(=O)n(CC(=O)NC(C)c2cccc3ccccc23)c1=O. The zero-order valence-electron chi connectivity index (χ0n) is 15.7. The molecular formula is C21H20N4O3. The van der Waals surface area contributed by atoms with Crippen molar-refractivity contribution in [3.63, 3.8) is 0 Å². The highest BCUT2D eigenvalue weighted by Crippen LogP contribution is 2.23. The molecule has 0 fully saturated rings. The lowest BCUT2D eigenvalue weighted by atomic mass is 10.00. The van der Waals surface area contributed by atoms with Gasteiger partial charge < -0.3 is 5.32 Å². The summed E-state index contributed by atoms with van der Waals surface area (Å²) in [6.07, 6.45) is 1.22. The fourth-order valence-electron chi connectivity index (χ4n) is 3.23. The molecule has 7 heteroatoms. The van der Waals surface area contributed by atoms with E-state index in [1.54, 1.807) is 13.0 Å². The summed E-state index contributed by atoms with van der Waals surface area (Å²) < 4.78 is 2.04. The summed E-state index contributed by atoms with van der Waals surface area (Å²) >= 11 is 0.